The molecule has 1 aromatic rings. The van der Waals surface area contributed by atoms with E-state index in [4.69, 9.17) is 0 Å². The van der Waals surface area contributed by atoms with Crippen LogP contribution in [-0.2, 0) is 0 Å². The quantitative estimate of drug-likeness (QED) is 0.811. The Labute approximate surface area is 117 Å². The van der Waals surface area contributed by atoms with Gasteiger partial charge in [-0.3, -0.25) is 4.90 Å². The van der Waals surface area contributed by atoms with Crippen LogP contribution in [0.15, 0.2) is 24.3 Å². The van der Waals surface area contributed by atoms with Gasteiger partial charge in [0.1, 0.15) is 5.82 Å². The van der Waals surface area contributed by atoms with Gasteiger partial charge < -0.3 is 5.32 Å². The first kappa shape index (κ1) is 16.1. The van der Waals surface area contributed by atoms with Crippen molar-refractivity contribution in [2.75, 3.05) is 19.6 Å². The second kappa shape index (κ2) is 7.01. The molecule has 0 aliphatic heterocycles. The van der Waals surface area contributed by atoms with E-state index in [2.05, 4.69) is 44.8 Å². The standard InChI is InChI=1S/C16H27FN2/c1-6-18-15(13-9-11-14(17)12-10-13)16(4,5)19(7-2)8-3/h9-12,15,18H,6-8H2,1-5H3. The predicted molar refractivity (Wildman–Crippen MR) is 79.8 cm³/mol. The van der Waals surface area contributed by atoms with E-state index in [1.807, 2.05) is 12.1 Å². The Morgan fingerprint density at radius 1 is 1.11 bits per heavy atom. The summed E-state index contributed by atoms with van der Waals surface area (Å²) in [4.78, 5) is 2.43. The summed E-state index contributed by atoms with van der Waals surface area (Å²) < 4.78 is 13.1. The van der Waals surface area contributed by atoms with E-state index in [1.54, 1.807) is 0 Å². The molecule has 3 heteroatoms. The number of nitrogens with one attached hydrogen (secondary N) is 1. The molecule has 1 rings (SSSR count). The van der Waals surface area contributed by atoms with Crippen molar-refractivity contribution in [3.63, 3.8) is 0 Å². The van der Waals surface area contributed by atoms with E-state index in [0.29, 0.717) is 0 Å². The average molecular weight is 266 g/mol. The third kappa shape index (κ3) is 3.77. The van der Waals surface area contributed by atoms with Crippen LogP contribution in [0.3, 0.4) is 0 Å². The van der Waals surface area contributed by atoms with Crippen LogP contribution in [-0.4, -0.2) is 30.1 Å². The Hall–Kier alpha value is -0.930. The number of rotatable bonds is 7. The highest BCUT2D eigenvalue weighted by atomic mass is 19.1. The Morgan fingerprint density at radius 3 is 2.05 bits per heavy atom. The molecule has 0 aliphatic rings. The van der Waals surface area contributed by atoms with Crippen molar-refractivity contribution < 1.29 is 4.39 Å². The largest absolute Gasteiger partial charge is 0.309 e. The number of likely N-dealkylation sites (N-methyl/N-ethyl adjacent to an activating group) is 2. The molecule has 0 bridgehead atoms. The van der Waals surface area contributed by atoms with Crippen molar-refractivity contribution in [1.29, 1.82) is 0 Å². The minimum Gasteiger partial charge on any atom is -0.309 e. The zero-order valence-electron chi connectivity index (χ0n) is 12.8. The molecule has 108 valence electrons. The van der Waals surface area contributed by atoms with Gasteiger partial charge in [-0.25, -0.2) is 4.39 Å². The molecule has 0 spiro atoms. The summed E-state index contributed by atoms with van der Waals surface area (Å²) in [5.41, 5.74) is 1.12. The molecule has 1 unspecified atom stereocenters. The van der Waals surface area contributed by atoms with Crippen LogP contribution in [0.2, 0.25) is 0 Å². The van der Waals surface area contributed by atoms with Gasteiger partial charge in [-0.2, -0.15) is 0 Å². The molecular formula is C16H27FN2. The van der Waals surface area contributed by atoms with Gasteiger partial charge in [0, 0.05) is 5.54 Å². The molecule has 19 heavy (non-hydrogen) atoms. The van der Waals surface area contributed by atoms with Crippen molar-refractivity contribution in [2.24, 2.45) is 0 Å². The first-order valence-electron chi connectivity index (χ1n) is 7.21. The topological polar surface area (TPSA) is 15.3 Å². The Bertz CT molecular complexity index is 369. The van der Waals surface area contributed by atoms with Crippen LogP contribution < -0.4 is 5.32 Å². The molecule has 0 fully saturated rings. The summed E-state index contributed by atoms with van der Waals surface area (Å²) in [7, 11) is 0. The van der Waals surface area contributed by atoms with Gasteiger partial charge in [0.15, 0.2) is 0 Å². The molecule has 0 saturated carbocycles. The van der Waals surface area contributed by atoms with Crippen molar-refractivity contribution in [2.45, 2.75) is 46.2 Å². The van der Waals surface area contributed by atoms with E-state index in [1.165, 1.54) is 12.1 Å². The van der Waals surface area contributed by atoms with Crippen molar-refractivity contribution in [1.82, 2.24) is 10.2 Å². The van der Waals surface area contributed by atoms with Gasteiger partial charge in [-0.05, 0) is 51.2 Å². The normalized spacial score (nSPS) is 13.8. The maximum Gasteiger partial charge on any atom is 0.123 e. The second-order valence-electron chi connectivity index (χ2n) is 5.37. The van der Waals surface area contributed by atoms with Gasteiger partial charge in [0.25, 0.3) is 0 Å². The third-order valence-corrected chi connectivity index (χ3v) is 3.90. The van der Waals surface area contributed by atoms with E-state index in [-0.39, 0.29) is 17.4 Å². The molecular weight excluding hydrogens is 239 g/mol. The number of halogens is 1. The van der Waals surface area contributed by atoms with E-state index < -0.39 is 0 Å². The van der Waals surface area contributed by atoms with Crippen LogP contribution >= 0.6 is 0 Å². The van der Waals surface area contributed by atoms with Crippen molar-refractivity contribution in [3.05, 3.63) is 35.6 Å². The minimum atomic E-state index is -0.181. The third-order valence-electron chi connectivity index (χ3n) is 3.90. The lowest BCUT2D eigenvalue weighted by Crippen LogP contribution is -2.52. The second-order valence-corrected chi connectivity index (χ2v) is 5.37. The van der Waals surface area contributed by atoms with E-state index in [9.17, 15) is 4.39 Å². The molecule has 0 aromatic heterocycles. The van der Waals surface area contributed by atoms with E-state index >= 15 is 0 Å². The minimum absolute atomic E-state index is 0.0165. The van der Waals surface area contributed by atoms with Gasteiger partial charge in [0.05, 0.1) is 6.04 Å². The van der Waals surface area contributed by atoms with Gasteiger partial charge >= 0.3 is 0 Å². The lowest BCUT2D eigenvalue weighted by molar-refractivity contribution is 0.0918. The monoisotopic (exact) mass is 266 g/mol. The maximum absolute atomic E-state index is 13.1. The Balaban J connectivity index is 3.08. The highest BCUT2D eigenvalue weighted by molar-refractivity contribution is 5.23. The lowest BCUT2D eigenvalue weighted by Gasteiger charge is -2.44. The predicted octanol–water partition coefficient (Wildman–Crippen LogP) is 3.60. The average Bonchev–Trinajstić information content (AvgIpc) is 2.38. The summed E-state index contributed by atoms with van der Waals surface area (Å²) in [6, 6.07) is 7.04. The first-order chi connectivity index (χ1) is 8.97. The molecule has 1 N–H and O–H groups in total. The van der Waals surface area contributed by atoms with Crippen molar-refractivity contribution >= 4 is 0 Å². The van der Waals surface area contributed by atoms with Gasteiger partial charge in [0.2, 0.25) is 0 Å². The van der Waals surface area contributed by atoms with Crippen molar-refractivity contribution in [3.8, 4) is 0 Å². The fourth-order valence-electron chi connectivity index (χ4n) is 2.86. The zero-order valence-corrected chi connectivity index (χ0v) is 12.8. The Kier molecular flexibility index (Phi) is 5.95. The maximum atomic E-state index is 13.1. The highest BCUT2D eigenvalue weighted by Gasteiger charge is 2.34. The number of hydrogen-bond acceptors (Lipinski definition) is 2. The fraction of sp³-hybridized carbons (Fsp3) is 0.625. The molecule has 0 aliphatic carbocycles. The SMILES string of the molecule is CCNC(c1ccc(F)cc1)C(C)(C)N(CC)CC. The number of benzene rings is 1. The highest BCUT2D eigenvalue weighted by Crippen LogP contribution is 2.31. The molecule has 0 saturated heterocycles. The fourth-order valence-corrected chi connectivity index (χ4v) is 2.86. The summed E-state index contributed by atoms with van der Waals surface area (Å²) >= 11 is 0. The summed E-state index contributed by atoms with van der Waals surface area (Å²) in [6.45, 7) is 13.9. The van der Waals surface area contributed by atoms with Crippen LogP contribution in [0.5, 0.6) is 0 Å². The van der Waals surface area contributed by atoms with Gasteiger partial charge in [-0.15, -0.1) is 0 Å². The molecule has 0 amide bonds. The van der Waals surface area contributed by atoms with Crippen LogP contribution in [0.1, 0.15) is 46.2 Å². The Morgan fingerprint density at radius 2 is 1.63 bits per heavy atom. The summed E-state index contributed by atoms with van der Waals surface area (Å²) in [6.07, 6.45) is 0. The van der Waals surface area contributed by atoms with Crippen LogP contribution in [0, 0.1) is 5.82 Å². The lowest BCUT2D eigenvalue weighted by atomic mass is 9.86. The molecule has 0 heterocycles. The van der Waals surface area contributed by atoms with Gasteiger partial charge in [-0.1, -0.05) is 32.9 Å². The summed E-state index contributed by atoms with van der Waals surface area (Å²) in [5, 5.41) is 3.54. The van der Waals surface area contributed by atoms with Crippen LogP contribution in [0.25, 0.3) is 0 Å². The number of nitrogens with zero attached hydrogens (tertiary/aromatic N) is 1. The molecule has 1 atom stereocenters. The van der Waals surface area contributed by atoms with E-state index in [0.717, 1.165) is 25.2 Å². The molecule has 0 radical (unpaired) electrons. The van der Waals surface area contributed by atoms with Crippen LogP contribution in [0.4, 0.5) is 4.39 Å². The smallest absolute Gasteiger partial charge is 0.123 e. The number of hydrogen-bond donors (Lipinski definition) is 1. The summed E-state index contributed by atoms with van der Waals surface area (Å²) in [5.74, 6) is -0.181. The molecule has 2 nitrogen and oxygen atoms in total. The molecule has 1 aromatic carbocycles. The first-order valence-corrected chi connectivity index (χ1v) is 7.21. The zero-order chi connectivity index (χ0) is 14.5.